The van der Waals surface area contributed by atoms with E-state index in [1.54, 1.807) is 0 Å². The van der Waals surface area contributed by atoms with Gasteiger partial charge in [0.05, 0.1) is 19.9 Å². The lowest BCUT2D eigenvalue weighted by Crippen LogP contribution is -1.96. The van der Waals surface area contributed by atoms with Gasteiger partial charge in [-0.1, -0.05) is 0 Å². The monoisotopic (exact) mass is 171 g/mol. The predicted octanol–water partition coefficient (Wildman–Crippen LogP) is 1.43. The second-order valence-corrected chi connectivity index (χ2v) is 2.23. The van der Waals surface area contributed by atoms with Gasteiger partial charge < -0.3 is 15.2 Å². The highest BCUT2D eigenvalue weighted by Crippen LogP contribution is 2.28. The molecule has 1 aromatic rings. The smallest absolute Gasteiger partial charge is 0.168 e. The van der Waals surface area contributed by atoms with Gasteiger partial charge in [0, 0.05) is 12.1 Å². The van der Waals surface area contributed by atoms with Gasteiger partial charge in [-0.2, -0.15) is 0 Å². The molecule has 0 amide bonds. The molecule has 0 unspecified atom stereocenters. The average Bonchev–Trinajstić information content (AvgIpc) is 2.08. The number of ether oxygens (including phenoxy) is 2. The molecule has 4 heteroatoms. The molecule has 2 N–H and O–H groups in total. The van der Waals surface area contributed by atoms with Gasteiger partial charge in [0.2, 0.25) is 0 Å². The number of nitrogen functional groups attached to an aromatic ring is 1. The molecule has 0 bridgehead atoms. The summed E-state index contributed by atoms with van der Waals surface area (Å²) in [4.78, 5) is 0. The highest BCUT2D eigenvalue weighted by Gasteiger charge is 2.07. The number of anilines is 1. The Labute approximate surface area is 69.9 Å². The fourth-order valence-electron chi connectivity index (χ4n) is 0.884. The van der Waals surface area contributed by atoms with E-state index in [0.29, 0.717) is 11.4 Å². The van der Waals surface area contributed by atoms with E-state index in [2.05, 4.69) is 0 Å². The molecule has 0 aliphatic carbocycles. The lowest BCUT2D eigenvalue weighted by atomic mass is 10.2. The van der Waals surface area contributed by atoms with Crippen LogP contribution in [0.15, 0.2) is 12.1 Å². The first-order chi connectivity index (χ1) is 5.69. The first kappa shape index (κ1) is 8.64. The maximum absolute atomic E-state index is 13.0. The molecule has 3 nitrogen and oxygen atoms in total. The Morgan fingerprint density at radius 3 is 2.25 bits per heavy atom. The van der Waals surface area contributed by atoms with Crippen LogP contribution in [0, 0.1) is 5.82 Å². The predicted molar refractivity (Wildman–Crippen MR) is 43.9 cm³/mol. The minimum absolute atomic E-state index is 0.119. The third kappa shape index (κ3) is 1.42. The van der Waals surface area contributed by atoms with Gasteiger partial charge >= 0.3 is 0 Å². The number of hydrogen-bond donors (Lipinski definition) is 1. The molecule has 1 aromatic carbocycles. The van der Waals surface area contributed by atoms with Crippen LogP contribution in [-0.2, 0) is 0 Å². The van der Waals surface area contributed by atoms with E-state index < -0.39 is 5.82 Å². The molecule has 0 spiro atoms. The van der Waals surface area contributed by atoms with Crippen molar-refractivity contribution >= 4 is 5.69 Å². The Hall–Kier alpha value is -1.45. The Balaban J connectivity index is 3.16. The Morgan fingerprint density at radius 1 is 1.17 bits per heavy atom. The molecular formula is C8H10FNO2. The van der Waals surface area contributed by atoms with Crippen LogP contribution in [0.1, 0.15) is 0 Å². The number of hydrogen-bond acceptors (Lipinski definition) is 3. The number of halogens is 1. The molecule has 0 atom stereocenters. The molecule has 0 aromatic heterocycles. The van der Waals surface area contributed by atoms with Crippen molar-refractivity contribution in [1.29, 1.82) is 0 Å². The van der Waals surface area contributed by atoms with Crippen molar-refractivity contribution in [2.45, 2.75) is 0 Å². The lowest BCUT2D eigenvalue weighted by molar-refractivity contribution is 0.378. The summed E-state index contributed by atoms with van der Waals surface area (Å²) in [6, 6.07) is 2.57. The second-order valence-electron chi connectivity index (χ2n) is 2.23. The van der Waals surface area contributed by atoms with Gasteiger partial charge in [0.15, 0.2) is 11.6 Å². The summed E-state index contributed by atoms with van der Waals surface area (Å²) in [5.74, 6) is -0.0508. The van der Waals surface area contributed by atoms with Crippen LogP contribution >= 0.6 is 0 Å². The summed E-state index contributed by atoms with van der Waals surface area (Å²) in [6.45, 7) is 0. The Bertz CT molecular complexity index is 259. The zero-order valence-electron chi connectivity index (χ0n) is 6.93. The normalized spacial score (nSPS) is 9.58. The Kier molecular flexibility index (Phi) is 2.38. The number of rotatable bonds is 2. The molecule has 0 aliphatic rings. The molecule has 0 aliphatic heterocycles. The van der Waals surface area contributed by atoms with E-state index in [0.717, 1.165) is 0 Å². The van der Waals surface area contributed by atoms with Crippen LogP contribution < -0.4 is 15.2 Å². The summed E-state index contributed by atoms with van der Waals surface area (Å²) in [6.07, 6.45) is 0. The van der Waals surface area contributed by atoms with Gasteiger partial charge in [-0.25, -0.2) is 4.39 Å². The third-order valence-corrected chi connectivity index (χ3v) is 1.50. The minimum Gasteiger partial charge on any atom is -0.494 e. The van der Waals surface area contributed by atoms with Crippen molar-refractivity contribution in [3.63, 3.8) is 0 Å². The van der Waals surface area contributed by atoms with E-state index in [1.165, 1.54) is 26.4 Å². The van der Waals surface area contributed by atoms with Crippen LogP contribution in [0.4, 0.5) is 10.1 Å². The van der Waals surface area contributed by atoms with Crippen molar-refractivity contribution < 1.29 is 13.9 Å². The van der Waals surface area contributed by atoms with Crippen LogP contribution in [0.25, 0.3) is 0 Å². The quantitative estimate of drug-likeness (QED) is 0.684. The molecule has 66 valence electrons. The molecule has 0 fully saturated rings. The van der Waals surface area contributed by atoms with E-state index in [-0.39, 0.29) is 5.75 Å². The SMILES string of the molecule is COc1cc(F)c(OC)cc1N. The maximum Gasteiger partial charge on any atom is 0.168 e. The van der Waals surface area contributed by atoms with E-state index >= 15 is 0 Å². The van der Waals surface area contributed by atoms with Crippen LogP contribution in [0.3, 0.4) is 0 Å². The van der Waals surface area contributed by atoms with Gasteiger partial charge in [0.25, 0.3) is 0 Å². The standard InChI is InChI=1S/C8H10FNO2/c1-11-7-4-6(10)8(12-2)3-5(7)9/h3-4H,10H2,1-2H3. The lowest BCUT2D eigenvalue weighted by Gasteiger charge is -2.07. The molecule has 1 rings (SSSR count). The molecule has 0 saturated heterocycles. The van der Waals surface area contributed by atoms with Gasteiger partial charge in [0.1, 0.15) is 5.75 Å². The average molecular weight is 171 g/mol. The van der Waals surface area contributed by atoms with Crippen molar-refractivity contribution in [2.24, 2.45) is 0 Å². The number of methoxy groups -OCH3 is 2. The molecule has 12 heavy (non-hydrogen) atoms. The van der Waals surface area contributed by atoms with Crippen LogP contribution in [-0.4, -0.2) is 14.2 Å². The van der Waals surface area contributed by atoms with Gasteiger partial charge in [-0.05, 0) is 0 Å². The first-order valence-corrected chi connectivity index (χ1v) is 3.36. The highest BCUT2D eigenvalue weighted by molar-refractivity contribution is 5.56. The highest BCUT2D eigenvalue weighted by atomic mass is 19.1. The molecule has 0 radical (unpaired) electrons. The van der Waals surface area contributed by atoms with Crippen molar-refractivity contribution in [1.82, 2.24) is 0 Å². The maximum atomic E-state index is 13.0. The minimum atomic E-state index is -0.483. The Morgan fingerprint density at radius 2 is 1.75 bits per heavy atom. The fourth-order valence-corrected chi connectivity index (χ4v) is 0.884. The van der Waals surface area contributed by atoms with Gasteiger partial charge in [-0.15, -0.1) is 0 Å². The topological polar surface area (TPSA) is 44.5 Å². The van der Waals surface area contributed by atoms with Crippen molar-refractivity contribution in [2.75, 3.05) is 20.0 Å². The number of nitrogens with two attached hydrogens (primary N) is 1. The van der Waals surface area contributed by atoms with Crippen LogP contribution in [0.2, 0.25) is 0 Å². The van der Waals surface area contributed by atoms with Gasteiger partial charge in [-0.3, -0.25) is 0 Å². The summed E-state index contributed by atoms with van der Waals surface area (Å²) in [7, 11) is 2.81. The third-order valence-electron chi connectivity index (χ3n) is 1.50. The van der Waals surface area contributed by atoms with Crippen LogP contribution in [0.5, 0.6) is 11.5 Å². The fraction of sp³-hybridized carbons (Fsp3) is 0.250. The first-order valence-electron chi connectivity index (χ1n) is 3.36. The van der Waals surface area contributed by atoms with E-state index in [4.69, 9.17) is 15.2 Å². The molecular weight excluding hydrogens is 161 g/mol. The van der Waals surface area contributed by atoms with E-state index in [9.17, 15) is 4.39 Å². The van der Waals surface area contributed by atoms with Crippen molar-refractivity contribution in [3.8, 4) is 11.5 Å². The van der Waals surface area contributed by atoms with Crippen molar-refractivity contribution in [3.05, 3.63) is 17.9 Å². The largest absolute Gasteiger partial charge is 0.494 e. The second kappa shape index (κ2) is 3.30. The number of benzene rings is 1. The summed E-state index contributed by atoms with van der Waals surface area (Å²) >= 11 is 0. The molecule has 0 heterocycles. The summed E-state index contributed by atoms with van der Waals surface area (Å²) in [5.41, 5.74) is 5.86. The summed E-state index contributed by atoms with van der Waals surface area (Å²) < 4.78 is 22.5. The summed E-state index contributed by atoms with van der Waals surface area (Å²) in [5, 5.41) is 0. The molecule has 0 saturated carbocycles. The zero-order chi connectivity index (χ0) is 9.14. The zero-order valence-corrected chi connectivity index (χ0v) is 6.93. The van der Waals surface area contributed by atoms with E-state index in [1.807, 2.05) is 0 Å².